The van der Waals surface area contributed by atoms with Crippen LogP contribution in [0.15, 0.2) is 60.7 Å². The Kier molecular flexibility index (Phi) is 5.90. The first-order chi connectivity index (χ1) is 16.0. The zero-order valence-electron chi connectivity index (χ0n) is 18.6. The number of hydrogen-bond donors (Lipinski definition) is 1. The summed E-state index contributed by atoms with van der Waals surface area (Å²) in [6, 6.07) is 18.9. The number of carboxylic acids is 1. The molecule has 1 heterocycles. The molecule has 0 aromatic heterocycles. The van der Waals surface area contributed by atoms with Gasteiger partial charge in [0.1, 0.15) is 11.6 Å². The van der Waals surface area contributed by atoms with Crippen LogP contribution in [0, 0.1) is 11.7 Å². The third-order valence-corrected chi connectivity index (χ3v) is 6.86. The largest absolute Gasteiger partial charge is 0.497 e. The molecule has 5 heteroatoms. The summed E-state index contributed by atoms with van der Waals surface area (Å²) in [5.41, 5.74) is 5.85. The second-order valence-electron chi connectivity index (χ2n) is 9.04. The maximum atomic E-state index is 14.3. The van der Waals surface area contributed by atoms with Gasteiger partial charge in [-0.3, -0.25) is 4.79 Å². The van der Waals surface area contributed by atoms with E-state index in [-0.39, 0.29) is 24.3 Å². The number of rotatable bonds is 7. The second kappa shape index (κ2) is 8.99. The summed E-state index contributed by atoms with van der Waals surface area (Å²) in [5.74, 6) is 0.167. The maximum Gasteiger partial charge on any atom is 0.303 e. The molecule has 1 N–H and O–H groups in total. The molecule has 3 aromatic rings. The van der Waals surface area contributed by atoms with E-state index in [9.17, 15) is 14.3 Å². The monoisotopic (exact) mass is 446 g/mol. The SMILES string of the molecule is COc1ccc(F)c(-c2ccc(C3Cc4cc(C(CC(=O)O)C5CC5)ccc4CO3)cc2)c1. The zero-order valence-corrected chi connectivity index (χ0v) is 18.6. The number of carboxylic acid groups (broad SMARTS) is 1. The van der Waals surface area contributed by atoms with Crippen LogP contribution in [-0.4, -0.2) is 18.2 Å². The molecule has 1 aliphatic heterocycles. The Labute approximate surface area is 193 Å². The van der Waals surface area contributed by atoms with Gasteiger partial charge < -0.3 is 14.6 Å². The van der Waals surface area contributed by atoms with Crippen molar-refractivity contribution in [1.29, 1.82) is 0 Å². The Balaban J connectivity index is 1.36. The topological polar surface area (TPSA) is 55.8 Å². The van der Waals surface area contributed by atoms with Gasteiger partial charge in [-0.25, -0.2) is 4.39 Å². The Hall–Kier alpha value is -3.18. The zero-order chi connectivity index (χ0) is 22.9. The number of hydrogen-bond acceptors (Lipinski definition) is 3. The fraction of sp³-hybridized carbons (Fsp3) is 0.321. The van der Waals surface area contributed by atoms with E-state index in [1.165, 1.54) is 11.6 Å². The number of aliphatic carboxylic acids is 1. The molecule has 0 saturated heterocycles. The number of ether oxygens (including phenoxy) is 2. The standard InChI is InChI=1S/C28H27FO4/c1-32-23-10-11-26(29)25(14-23)18-4-6-19(7-5-18)27-13-22-12-20(8-9-21(22)16-33-27)24(15-28(30)31)17-2-3-17/h4-12,14,17,24,27H,2-3,13,15-16H2,1H3,(H,30,31). The molecule has 0 spiro atoms. The van der Waals surface area contributed by atoms with Crippen LogP contribution < -0.4 is 4.74 Å². The summed E-state index contributed by atoms with van der Waals surface area (Å²) in [7, 11) is 1.57. The van der Waals surface area contributed by atoms with Crippen molar-refractivity contribution in [1.82, 2.24) is 0 Å². The molecule has 0 radical (unpaired) electrons. The van der Waals surface area contributed by atoms with Crippen LogP contribution in [0.1, 0.15) is 53.5 Å². The molecular weight excluding hydrogens is 419 g/mol. The third-order valence-electron chi connectivity index (χ3n) is 6.86. The van der Waals surface area contributed by atoms with Crippen LogP contribution in [0.4, 0.5) is 4.39 Å². The summed E-state index contributed by atoms with van der Waals surface area (Å²) in [6.07, 6.45) is 3.06. The van der Waals surface area contributed by atoms with Crippen LogP contribution >= 0.6 is 0 Å². The van der Waals surface area contributed by atoms with Gasteiger partial charge in [0.25, 0.3) is 0 Å². The average molecular weight is 447 g/mol. The quantitative estimate of drug-likeness (QED) is 0.464. The van der Waals surface area contributed by atoms with Gasteiger partial charge >= 0.3 is 5.97 Å². The number of fused-ring (bicyclic) bond motifs is 1. The van der Waals surface area contributed by atoms with Crippen LogP contribution in [0.5, 0.6) is 5.75 Å². The highest BCUT2D eigenvalue weighted by Crippen LogP contribution is 2.45. The number of methoxy groups -OCH3 is 1. The molecule has 2 unspecified atom stereocenters. The number of benzene rings is 3. The molecule has 3 aromatic carbocycles. The van der Waals surface area contributed by atoms with Crippen molar-refractivity contribution in [3.8, 4) is 16.9 Å². The summed E-state index contributed by atoms with van der Waals surface area (Å²) >= 11 is 0. The van der Waals surface area contributed by atoms with Crippen molar-refractivity contribution in [2.75, 3.05) is 7.11 Å². The van der Waals surface area contributed by atoms with E-state index in [0.29, 0.717) is 23.8 Å². The van der Waals surface area contributed by atoms with Crippen molar-refractivity contribution >= 4 is 5.97 Å². The molecule has 1 fully saturated rings. The van der Waals surface area contributed by atoms with Gasteiger partial charge in [-0.15, -0.1) is 0 Å². The van der Waals surface area contributed by atoms with Gasteiger partial charge in [-0.2, -0.15) is 0 Å². The third kappa shape index (κ3) is 4.64. The summed E-state index contributed by atoms with van der Waals surface area (Å²) in [6.45, 7) is 0.527. The lowest BCUT2D eigenvalue weighted by atomic mass is 9.86. The molecule has 0 amide bonds. The molecule has 2 aliphatic rings. The average Bonchev–Trinajstić information content (AvgIpc) is 3.68. The van der Waals surface area contributed by atoms with Crippen molar-refractivity contribution < 1.29 is 23.8 Å². The van der Waals surface area contributed by atoms with Gasteiger partial charge in [-0.1, -0.05) is 42.5 Å². The van der Waals surface area contributed by atoms with E-state index in [1.807, 2.05) is 24.3 Å². The van der Waals surface area contributed by atoms with Gasteiger partial charge in [0, 0.05) is 12.0 Å². The van der Waals surface area contributed by atoms with E-state index in [1.54, 1.807) is 19.2 Å². The van der Waals surface area contributed by atoms with Crippen molar-refractivity contribution in [2.24, 2.45) is 5.92 Å². The predicted octanol–water partition coefficient (Wildman–Crippen LogP) is 6.28. The molecule has 4 nitrogen and oxygen atoms in total. The van der Waals surface area contributed by atoms with Gasteiger partial charge in [0.2, 0.25) is 0 Å². The lowest BCUT2D eigenvalue weighted by Crippen LogP contribution is -2.17. The molecule has 2 atom stereocenters. The lowest BCUT2D eigenvalue weighted by Gasteiger charge is -2.27. The predicted molar refractivity (Wildman–Crippen MR) is 124 cm³/mol. The van der Waals surface area contributed by atoms with E-state index >= 15 is 0 Å². The minimum atomic E-state index is -0.738. The van der Waals surface area contributed by atoms with Gasteiger partial charge in [-0.05, 0) is 70.7 Å². The Morgan fingerprint density at radius 2 is 1.88 bits per heavy atom. The Bertz CT molecular complexity index is 1170. The van der Waals surface area contributed by atoms with E-state index in [0.717, 1.165) is 41.5 Å². The minimum Gasteiger partial charge on any atom is -0.497 e. The van der Waals surface area contributed by atoms with Crippen LogP contribution in [0.25, 0.3) is 11.1 Å². The Morgan fingerprint density at radius 1 is 1.09 bits per heavy atom. The molecular formula is C28H27FO4. The van der Waals surface area contributed by atoms with Crippen molar-refractivity contribution in [3.63, 3.8) is 0 Å². The van der Waals surface area contributed by atoms with Crippen molar-refractivity contribution in [2.45, 2.75) is 44.3 Å². The lowest BCUT2D eigenvalue weighted by molar-refractivity contribution is -0.137. The maximum absolute atomic E-state index is 14.3. The molecule has 1 aliphatic carbocycles. The summed E-state index contributed by atoms with van der Waals surface area (Å²) in [4.78, 5) is 11.4. The van der Waals surface area contributed by atoms with Gasteiger partial charge in [0.05, 0.1) is 26.2 Å². The molecule has 1 saturated carbocycles. The summed E-state index contributed by atoms with van der Waals surface area (Å²) in [5, 5.41) is 9.35. The fourth-order valence-electron chi connectivity index (χ4n) is 4.84. The highest BCUT2D eigenvalue weighted by Gasteiger charge is 2.34. The highest BCUT2D eigenvalue weighted by molar-refractivity contribution is 5.68. The summed E-state index contributed by atoms with van der Waals surface area (Å²) < 4.78 is 25.7. The van der Waals surface area contributed by atoms with Gasteiger partial charge in [0.15, 0.2) is 0 Å². The van der Waals surface area contributed by atoms with E-state index in [2.05, 4.69) is 18.2 Å². The Morgan fingerprint density at radius 3 is 2.58 bits per heavy atom. The molecule has 33 heavy (non-hydrogen) atoms. The smallest absolute Gasteiger partial charge is 0.303 e. The first kappa shape index (κ1) is 21.7. The van der Waals surface area contributed by atoms with Crippen LogP contribution in [0.3, 0.4) is 0 Å². The van der Waals surface area contributed by atoms with Crippen LogP contribution in [0.2, 0.25) is 0 Å². The second-order valence-corrected chi connectivity index (χ2v) is 9.04. The van der Waals surface area contributed by atoms with Crippen molar-refractivity contribution in [3.05, 3.63) is 88.7 Å². The number of halogens is 1. The molecule has 170 valence electrons. The first-order valence-electron chi connectivity index (χ1n) is 11.4. The normalized spacial score (nSPS) is 18.4. The highest BCUT2D eigenvalue weighted by atomic mass is 19.1. The molecule has 0 bridgehead atoms. The molecule has 5 rings (SSSR count). The van der Waals surface area contributed by atoms with Crippen LogP contribution in [-0.2, 0) is 22.6 Å². The first-order valence-corrected chi connectivity index (χ1v) is 11.4. The minimum absolute atomic E-state index is 0.0872. The fourth-order valence-corrected chi connectivity index (χ4v) is 4.84. The number of carbonyl (C=O) groups is 1. The van der Waals surface area contributed by atoms with E-state index in [4.69, 9.17) is 9.47 Å². The van der Waals surface area contributed by atoms with E-state index < -0.39 is 5.97 Å².